The van der Waals surface area contributed by atoms with Crippen molar-refractivity contribution >= 4 is 22.3 Å². The Labute approximate surface area is 138 Å². The molecule has 2 aromatic rings. The van der Waals surface area contributed by atoms with Gasteiger partial charge >= 0.3 is 5.97 Å². The van der Waals surface area contributed by atoms with Crippen LogP contribution in [0.5, 0.6) is 5.75 Å². The number of carbonyl (C=O) groups is 1. The van der Waals surface area contributed by atoms with E-state index in [0.29, 0.717) is 5.75 Å². The maximum absolute atomic E-state index is 11.1. The molecule has 2 nitrogen and oxygen atoms in total. The summed E-state index contributed by atoms with van der Waals surface area (Å²) < 4.78 is 5.15. The van der Waals surface area contributed by atoms with Crippen molar-refractivity contribution in [1.82, 2.24) is 0 Å². The van der Waals surface area contributed by atoms with Crippen LogP contribution in [0.2, 0.25) is 0 Å². The molecular formula is C21H24O2. The molecule has 2 heteroatoms. The summed E-state index contributed by atoms with van der Waals surface area (Å²) in [7, 11) is 0. The molecule has 23 heavy (non-hydrogen) atoms. The Bertz CT molecular complexity index is 743. The van der Waals surface area contributed by atoms with E-state index in [0.717, 1.165) is 11.3 Å². The zero-order valence-corrected chi connectivity index (χ0v) is 14.0. The van der Waals surface area contributed by atoms with E-state index in [1.807, 2.05) is 18.2 Å². The lowest BCUT2D eigenvalue weighted by Crippen LogP contribution is -2.05. The second-order valence-electron chi connectivity index (χ2n) is 6.48. The van der Waals surface area contributed by atoms with Gasteiger partial charge in [0.05, 0.1) is 0 Å². The molecule has 1 atom stereocenters. The van der Waals surface area contributed by atoms with Crippen LogP contribution in [0.3, 0.4) is 0 Å². The van der Waals surface area contributed by atoms with E-state index in [4.69, 9.17) is 4.74 Å². The monoisotopic (exact) mass is 308 g/mol. The summed E-state index contributed by atoms with van der Waals surface area (Å²) in [5.74, 6) is 1.20. The summed E-state index contributed by atoms with van der Waals surface area (Å²) >= 11 is 0. The number of esters is 1. The minimum Gasteiger partial charge on any atom is -0.427 e. The third-order valence-corrected chi connectivity index (χ3v) is 4.66. The third kappa shape index (κ3) is 3.82. The Morgan fingerprint density at radius 1 is 1.17 bits per heavy atom. The summed E-state index contributed by atoms with van der Waals surface area (Å²) in [4.78, 5) is 11.1. The number of allylic oxidation sites excluding steroid dienone is 2. The van der Waals surface area contributed by atoms with E-state index in [2.05, 4.69) is 31.2 Å². The van der Waals surface area contributed by atoms with E-state index < -0.39 is 0 Å². The van der Waals surface area contributed by atoms with Crippen molar-refractivity contribution < 1.29 is 9.53 Å². The van der Waals surface area contributed by atoms with Gasteiger partial charge in [-0.25, -0.2) is 0 Å². The number of hydrogen-bond donors (Lipinski definition) is 0. The molecule has 0 fully saturated rings. The molecule has 0 radical (unpaired) electrons. The maximum atomic E-state index is 11.1. The molecule has 3 rings (SSSR count). The highest BCUT2D eigenvalue weighted by molar-refractivity contribution is 5.88. The van der Waals surface area contributed by atoms with E-state index in [-0.39, 0.29) is 5.97 Å². The Morgan fingerprint density at radius 3 is 2.65 bits per heavy atom. The number of benzene rings is 2. The van der Waals surface area contributed by atoms with Gasteiger partial charge in [-0.2, -0.15) is 0 Å². The van der Waals surface area contributed by atoms with Crippen molar-refractivity contribution in [2.75, 3.05) is 0 Å². The van der Waals surface area contributed by atoms with Crippen molar-refractivity contribution in [3.8, 4) is 5.75 Å². The van der Waals surface area contributed by atoms with Crippen molar-refractivity contribution in [1.29, 1.82) is 0 Å². The fourth-order valence-electron chi connectivity index (χ4n) is 3.47. The van der Waals surface area contributed by atoms with Crippen LogP contribution in [0.1, 0.15) is 51.5 Å². The van der Waals surface area contributed by atoms with Crippen LogP contribution in [0, 0.1) is 5.92 Å². The number of rotatable bonds is 4. The minimum atomic E-state index is -0.282. The van der Waals surface area contributed by atoms with Gasteiger partial charge in [-0.15, -0.1) is 0 Å². The summed E-state index contributed by atoms with van der Waals surface area (Å²) in [5.41, 5.74) is 2.80. The molecule has 0 saturated carbocycles. The second kappa shape index (κ2) is 6.99. The van der Waals surface area contributed by atoms with Crippen molar-refractivity contribution in [2.24, 2.45) is 5.92 Å². The lowest BCUT2D eigenvalue weighted by Gasteiger charge is -2.21. The Morgan fingerprint density at radius 2 is 1.96 bits per heavy atom. The van der Waals surface area contributed by atoms with Gasteiger partial charge in [-0.3, -0.25) is 4.79 Å². The molecule has 0 aromatic heterocycles. The normalized spacial score (nSPS) is 17.8. The van der Waals surface area contributed by atoms with E-state index in [1.54, 1.807) is 0 Å². The first kappa shape index (κ1) is 15.8. The highest BCUT2D eigenvalue weighted by Gasteiger charge is 2.15. The van der Waals surface area contributed by atoms with Gasteiger partial charge in [-0.05, 0) is 65.3 Å². The summed E-state index contributed by atoms with van der Waals surface area (Å²) in [6.07, 6.45) is 8.77. The molecule has 1 aliphatic rings. The van der Waals surface area contributed by atoms with E-state index in [9.17, 15) is 4.79 Å². The molecule has 1 aliphatic carbocycles. The van der Waals surface area contributed by atoms with Gasteiger partial charge in [0.2, 0.25) is 0 Å². The molecule has 120 valence electrons. The van der Waals surface area contributed by atoms with Crippen LogP contribution in [0.4, 0.5) is 0 Å². The molecule has 2 aromatic carbocycles. The Kier molecular flexibility index (Phi) is 4.80. The van der Waals surface area contributed by atoms with E-state index in [1.165, 1.54) is 55.6 Å². The SMILES string of the molecule is CCCC1CC=C(c2ccc3cc(OC(C)=O)ccc3c2)CC1. The summed E-state index contributed by atoms with van der Waals surface area (Å²) in [6, 6.07) is 12.4. The van der Waals surface area contributed by atoms with Crippen LogP contribution in [0.15, 0.2) is 42.5 Å². The Balaban J connectivity index is 1.82. The lowest BCUT2D eigenvalue weighted by atomic mass is 9.84. The second-order valence-corrected chi connectivity index (χ2v) is 6.48. The highest BCUT2D eigenvalue weighted by Crippen LogP contribution is 2.34. The van der Waals surface area contributed by atoms with Crippen molar-refractivity contribution in [3.05, 3.63) is 48.0 Å². The topological polar surface area (TPSA) is 26.3 Å². The molecule has 0 saturated heterocycles. The fourth-order valence-corrected chi connectivity index (χ4v) is 3.47. The van der Waals surface area contributed by atoms with E-state index >= 15 is 0 Å². The first-order valence-corrected chi connectivity index (χ1v) is 8.57. The van der Waals surface area contributed by atoms with Gasteiger partial charge in [0.15, 0.2) is 0 Å². The zero-order chi connectivity index (χ0) is 16.2. The smallest absolute Gasteiger partial charge is 0.308 e. The average molecular weight is 308 g/mol. The first-order valence-electron chi connectivity index (χ1n) is 8.57. The van der Waals surface area contributed by atoms with Gasteiger partial charge in [0.1, 0.15) is 5.75 Å². The summed E-state index contributed by atoms with van der Waals surface area (Å²) in [6.45, 7) is 3.70. The van der Waals surface area contributed by atoms with Crippen LogP contribution in [0.25, 0.3) is 16.3 Å². The third-order valence-electron chi connectivity index (χ3n) is 4.66. The van der Waals surface area contributed by atoms with Gasteiger partial charge in [0.25, 0.3) is 0 Å². The molecule has 0 bridgehead atoms. The maximum Gasteiger partial charge on any atom is 0.308 e. The number of ether oxygens (including phenoxy) is 1. The quantitative estimate of drug-likeness (QED) is 0.531. The molecule has 0 aliphatic heterocycles. The molecule has 1 unspecified atom stereocenters. The standard InChI is InChI=1S/C21H24O2/c1-3-4-16-5-7-17(8-6-16)18-9-10-20-14-21(23-15(2)22)12-11-19(20)13-18/h7,9-14,16H,3-6,8H2,1-2H3. The predicted octanol–water partition coefficient (Wildman–Crippen LogP) is 5.75. The highest BCUT2D eigenvalue weighted by atomic mass is 16.5. The largest absolute Gasteiger partial charge is 0.427 e. The van der Waals surface area contributed by atoms with Crippen LogP contribution < -0.4 is 4.74 Å². The van der Waals surface area contributed by atoms with Gasteiger partial charge in [-0.1, -0.05) is 44.0 Å². The molecule has 0 N–H and O–H groups in total. The van der Waals surface area contributed by atoms with Crippen LogP contribution in [-0.2, 0) is 4.79 Å². The molecule has 0 amide bonds. The van der Waals surface area contributed by atoms with Gasteiger partial charge < -0.3 is 4.74 Å². The average Bonchev–Trinajstić information content (AvgIpc) is 2.55. The van der Waals surface area contributed by atoms with Gasteiger partial charge in [0, 0.05) is 6.92 Å². The predicted molar refractivity (Wildman–Crippen MR) is 95.5 cm³/mol. The molecule has 0 spiro atoms. The zero-order valence-electron chi connectivity index (χ0n) is 14.0. The van der Waals surface area contributed by atoms with Crippen molar-refractivity contribution in [2.45, 2.75) is 46.0 Å². The van der Waals surface area contributed by atoms with Crippen molar-refractivity contribution in [3.63, 3.8) is 0 Å². The van der Waals surface area contributed by atoms with Crippen LogP contribution >= 0.6 is 0 Å². The number of fused-ring (bicyclic) bond motifs is 1. The fraction of sp³-hybridized carbons (Fsp3) is 0.381. The number of hydrogen-bond acceptors (Lipinski definition) is 2. The van der Waals surface area contributed by atoms with Crippen LogP contribution in [-0.4, -0.2) is 5.97 Å². The lowest BCUT2D eigenvalue weighted by molar-refractivity contribution is -0.131. The number of carbonyl (C=O) groups excluding carboxylic acids is 1. The minimum absolute atomic E-state index is 0.282. The first-order chi connectivity index (χ1) is 11.2. The molecule has 0 heterocycles. The Hall–Kier alpha value is -2.09. The molecular weight excluding hydrogens is 284 g/mol. The summed E-state index contributed by atoms with van der Waals surface area (Å²) in [5, 5.41) is 2.29.